The van der Waals surface area contributed by atoms with Crippen molar-refractivity contribution in [3.8, 4) is 17.1 Å². The zero-order valence-electron chi connectivity index (χ0n) is 15.5. The predicted molar refractivity (Wildman–Crippen MR) is 107 cm³/mol. The van der Waals surface area contributed by atoms with Crippen LogP contribution in [0.3, 0.4) is 0 Å². The number of ether oxygens (including phenoxy) is 1. The van der Waals surface area contributed by atoms with Crippen molar-refractivity contribution in [2.45, 2.75) is 6.42 Å². The fourth-order valence-electron chi connectivity index (χ4n) is 3.11. The van der Waals surface area contributed by atoms with Gasteiger partial charge in [-0.15, -0.1) is 10.2 Å². The molecule has 0 radical (unpaired) electrons. The first kappa shape index (κ1) is 17.7. The molecular formula is C22H20N4O2. The minimum absolute atomic E-state index is 0.127. The molecule has 1 N–H and O–H groups in total. The Bertz CT molecular complexity index is 1110. The first-order valence-electron chi connectivity index (χ1n) is 9.06. The van der Waals surface area contributed by atoms with Crippen molar-refractivity contribution in [3.63, 3.8) is 0 Å². The molecule has 28 heavy (non-hydrogen) atoms. The summed E-state index contributed by atoms with van der Waals surface area (Å²) in [5.41, 5.74) is 3.23. The van der Waals surface area contributed by atoms with Gasteiger partial charge in [-0.1, -0.05) is 42.5 Å². The summed E-state index contributed by atoms with van der Waals surface area (Å²) in [6, 6.07) is 21.2. The lowest BCUT2D eigenvalue weighted by Gasteiger charge is -2.08. The lowest BCUT2D eigenvalue weighted by Crippen LogP contribution is -2.25. The van der Waals surface area contributed by atoms with Crippen LogP contribution in [-0.2, 0) is 6.42 Å². The van der Waals surface area contributed by atoms with Gasteiger partial charge in [-0.3, -0.25) is 9.20 Å². The molecule has 1 amide bonds. The number of benzene rings is 2. The van der Waals surface area contributed by atoms with Gasteiger partial charge in [0.1, 0.15) is 5.75 Å². The second-order valence-corrected chi connectivity index (χ2v) is 6.36. The number of pyridine rings is 1. The Hall–Kier alpha value is -3.67. The first-order chi connectivity index (χ1) is 13.8. The number of nitrogens with one attached hydrogen (secondary N) is 1. The average molecular weight is 372 g/mol. The minimum Gasteiger partial charge on any atom is -0.496 e. The molecule has 0 saturated carbocycles. The molecule has 6 nitrogen and oxygen atoms in total. The van der Waals surface area contributed by atoms with E-state index in [0.717, 1.165) is 12.0 Å². The molecule has 0 fully saturated rings. The third kappa shape index (κ3) is 3.57. The standard InChI is InChI=1S/C22H20N4O2/c1-28-19-10-6-5-9-18(19)21-25-24-20-12-11-17(15-26(20)21)22(27)23-14-13-16-7-3-2-4-8-16/h2-12,15H,13-14H2,1H3,(H,23,27). The number of fused-ring (bicyclic) bond motifs is 1. The minimum atomic E-state index is -0.127. The van der Waals surface area contributed by atoms with E-state index in [1.54, 1.807) is 25.4 Å². The first-order valence-corrected chi connectivity index (χ1v) is 9.06. The summed E-state index contributed by atoms with van der Waals surface area (Å²) in [6.45, 7) is 0.572. The van der Waals surface area contributed by atoms with Gasteiger partial charge in [-0.2, -0.15) is 0 Å². The Morgan fingerprint density at radius 2 is 1.79 bits per heavy atom. The number of rotatable bonds is 6. The number of hydrogen-bond acceptors (Lipinski definition) is 4. The molecule has 2 heterocycles. The summed E-state index contributed by atoms with van der Waals surface area (Å²) < 4.78 is 7.24. The molecule has 2 aromatic heterocycles. The van der Waals surface area contributed by atoms with E-state index < -0.39 is 0 Å². The molecule has 0 aliphatic rings. The van der Waals surface area contributed by atoms with E-state index in [-0.39, 0.29) is 5.91 Å². The van der Waals surface area contributed by atoms with E-state index in [1.165, 1.54) is 5.56 Å². The third-order valence-corrected chi connectivity index (χ3v) is 4.55. The number of para-hydroxylation sites is 1. The van der Waals surface area contributed by atoms with Crippen LogP contribution in [0.5, 0.6) is 5.75 Å². The number of nitrogens with zero attached hydrogens (tertiary/aromatic N) is 3. The van der Waals surface area contributed by atoms with E-state index in [2.05, 4.69) is 27.6 Å². The van der Waals surface area contributed by atoms with Crippen LogP contribution in [0, 0.1) is 0 Å². The Morgan fingerprint density at radius 1 is 1.00 bits per heavy atom. The van der Waals surface area contributed by atoms with Gasteiger partial charge in [-0.05, 0) is 36.2 Å². The average Bonchev–Trinajstić information content (AvgIpc) is 3.17. The smallest absolute Gasteiger partial charge is 0.252 e. The molecule has 4 aromatic rings. The number of amides is 1. The van der Waals surface area contributed by atoms with Gasteiger partial charge < -0.3 is 10.1 Å². The molecule has 0 aliphatic carbocycles. The predicted octanol–water partition coefficient (Wildman–Crippen LogP) is 3.38. The lowest BCUT2D eigenvalue weighted by molar-refractivity contribution is 0.0953. The van der Waals surface area contributed by atoms with Crippen LogP contribution in [-0.4, -0.2) is 34.2 Å². The monoisotopic (exact) mass is 372 g/mol. The van der Waals surface area contributed by atoms with Gasteiger partial charge in [-0.25, -0.2) is 0 Å². The highest BCUT2D eigenvalue weighted by Crippen LogP contribution is 2.28. The molecule has 6 heteroatoms. The molecule has 0 atom stereocenters. The summed E-state index contributed by atoms with van der Waals surface area (Å²) in [5.74, 6) is 1.21. The zero-order chi connectivity index (χ0) is 19.3. The Balaban J connectivity index is 1.56. The second-order valence-electron chi connectivity index (χ2n) is 6.36. The summed E-state index contributed by atoms with van der Waals surface area (Å²) in [5, 5.41) is 11.4. The maximum atomic E-state index is 12.6. The van der Waals surface area contributed by atoms with Crippen LogP contribution in [0.2, 0.25) is 0 Å². The Kier molecular flexibility index (Phi) is 5.01. The zero-order valence-corrected chi connectivity index (χ0v) is 15.5. The Labute approximate surface area is 162 Å². The van der Waals surface area contributed by atoms with Crippen LogP contribution in [0.1, 0.15) is 15.9 Å². The summed E-state index contributed by atoms with van der Waals surface area (Å²) in [6.07, 6.45) is 2.54. The summed E-state index contributed by atoms with van der Waals surface area (Å²) in [7, 11) is 1.62. The van der Waals surface area contributed by atoms with Crippen LogP contribution < -0.4 is 10.1 Å². The third-order valence-electron chi connectivity index (χ3n) is 4.55. The SMILES string of the molecule is COc1ccccc1-c1nnc2ccc(C(=O)NCCc3ccccc3)cn12. The van der Waals surface area contributed by atoms with Crippen LogP contribution in [0.4, 0.5) is 0 Å². The van der Waals surface area contributed by atoms with Crippen molar-refractivity contribution in [1.82, 2.24) is 19.9 Å². The molecule has 0 unspecified atom stereocenters. The number of carbonyl (C=O) groups excluding carboxylic acids is 1. The van der Waals surface area contributed by atoms with Gasteiger partial charge in [0.2, 0.25) is 0 Å². The van der Waals surface area contributed by atoms with Crippen molar-refractivity contribution >= 4 is 11.6 Å². The highest BCUT2D eigenvalue weighted by molar-refractivity contribution is 5.94. The normalized spacial score (nSPS) is 10.8. The molecule has 2 aromatic carbocycles. The number of methoxy groups -OCH3 is 1. The quantitative estimate of drug-likeness (QED) is 0.563. The van der Waals surface area contributed by atoms with Gasteiger partial charge >= 0.3 is 0 Å². The number of hydrogen-bond donors (Lipinski definition) is 1. The molecule has 4 rings (SSSR count). The van der Waals surface area contributed by atoms with Gasteiger partial charge in [0.15, 0.2) is 11.5 Å². The molecule has 0 aliphatic heterocycles. The summed E-state index contributed by atoms with van der Waals surface area (Å²) in [4.78, 5) is 12.6. The topological polar surface area (TPSA) is 68.5 Å². The molecule has 140 valence electrons. The lowest BCUT2D eigenvalue weighted by atomic mass is 10.1. The van der Waals surface area contributed by atoms with Crippen molar-refractivity contribution in [2.24, 2.45) is 0 Å². The van der Waals surface area contributed by atoms with Crippen molar-refractivity contribution in [2.75, 3.05) is 13.7 Å². The largest absolute Gasteiger partial charge is 0.496 e. The second kappa shape index (κ2) is 7.92. The number of aromatic nitrogens is 3. The highest BCUT2D eigenvalue weighted by atomic mass is 16.5. The van der Waals surface area contributed by atoms with E-state index >= 15 is 0 Å². The molecule has 0 spiro atoms. The van der Waals surface area contributed by atoms with Crippen molar-refractivity contribution in [1.29, 1.82) is 0 Å². The fraction of sp³-hybridized carbons (Fsp3) is 0.136. The van der Waals surface area contributed by atoms with E-state index in [1.807, 2.05) is 46.9 Å². The maximum Gasteiger partial charge on any atom is 0.252 e. The van der Waals surface area contributed by atoms with Crippen molar-refractivity contribution < 1.29 is 9.53 Å². The molecule has 0 bridgehead atoms. The summed E-state index contributed by atoms with van der Waals surface area (Å²) >= 11 is 0. The van der Waals surface area contributed by atoms with E-state index in [4.69, 9.17) is 4.74 Å². The van der Waals surface area contributed by atoms with Gasteiger partial charge in [0, 0.05) is 12.7 Å². The van der Waals surface area contributed by atoms with Gasteiger partial charge in [0.05, 0.1) is 18.2 Å². The molecule has 0 saturated heterocycles. The van der Waals surface area contributed by atoms with Crippen LogP contribution in [0.25, 0.3) is 17.0 Å². The van der Waals surface area contributed by atoms with Gasteiger partial charge in [0.25, 0.3) is 5.91 Å². The highest BCUT2D eigenvalue weighted by Gasteiger charge is 2.14. The maximum absolute atomic E-state index is 12.6. The van der Waals surface area contributed by atoms with Crippen LogP contribution >= 0.6 is 0 Å². The molecular weight excluding hydrogens is 352 g/mol. The fourth-order valence-corrected chi connectivity index (χ4v) is 3.11. The Morgan fingerprint density at radius 3 is 2.61 bits per heavy atom. The van der Waals surface area contributed by atoms with Crippen molar-refractivity contribution in [3.05, 3.63) is 84.1 Å². The van der Waals surface area contributed by atoms with Crippen LogP contribution in [0.15, 0.2) is 72.9 Å². The van der Waals surface area contributed by atoms with E-state index in [0.29, 0.717) is 29.3 Å². The number of carbonyl (C=O) groups is 1. The van der Waals surface area contributed by atoms with E-state index in [9.17, 15) is 4.79 Å².